The van der Waals surface area contributed by atoms with Crippen LogP contribution in [-0.2, 0) is 6.54 Å². The quantitative estimate of drug-likeness (QED) is 0.804. The van der Waals surface area contributed by atoms with E-state index >= 15 is 0 Å². The van der Waals surface area contributed by atoms with Crippen LogP contribution in [0.25, 0.3) is 5.65 Å². The van der Waals surface area contributed by atoms with Crippen LogP contribution in [0.1, 0.15) is 18.4 Å². The van der Waals surface area contributed by atoms with E-state index < -0.39 is 0 Å². The minimum Gasteiger partial charge on any atom is -0.472 e. The Morgan fingerprint density at radius 2 is 2.32 bits per heavy atom. The Kier molecular flexibility index (Phi) is 3.07. The zero-order valence-electron chi connectivity index (χ0n) is 12.0. The molecule has 0 aromatic carbocycles. The predicted octanol–water partition coefficient (Wildman–Crippen LogP) is 3.12. The standard InChI is InChI=1S/C16H16N4O2/c21-16(18-13-1-4-15-17-6-7-19(15)10-13)20(14-2-3-14)9-12-5-8-22-11-12/h1,4-8,10-11,14H,2-3,9H2,(H,18,21). The Balaban J connectivity index is 1.51. The molecule has 0 spiro atoms. The van der Waals surface area contributed by atoms with E-state index in [-0.39, 0.29) is 6.03 Å². The van der Waals surface area contributed by atoms with Crippen LogP contribution in [0, 0.1) is 0 Å². The summed E-state index contributed by atoms with van der Waals surface area (Å²) in [6.07, 6.45) is 10.9. The van der Waals surface area contributed by atoms with Gasteiger partial charge in [-0.3, -0.25) is 0 Å². The van der Waals surface area contributed by atoms with Gasteiger partial charge in [-0.15, -0.1) is 0 Å². The van der Waals surface area contributed by atoms with Crippen molar-refractivity contribution >= 4 is 17.4 Å². The number of hydrogen-bond donors (Lipinski definition) is 1. The molecule has 6 nitrogen and oxygen atoms in total. The second kappa shape index (κ2) is 5.22. The lowest BCUT2D eigenvalue weighted by Gasteiger charge is -2.22. The minimum atomic E-state index is -0.0804. The smallest absolute Gasteiger partial charge is 0.322 e. The van der Waals surface area contributed by atoms with E-state index in [9.17, 15) is 4.79 Å². The van der Waals surface area contributed by atoms with Crippen molar-refractivity contribution in [2.75, 3.05) is 5.32 Å². The van der Waals surface area contributed by atoms with E-state index in [1.54, 1.807) is 18.7 Å². The number of imidazole rings is 1. The molecule has 0 bridgehead atoms. The number of carbonyl (C=O) groups is 1. The lowest BCUT2D eigenvalue weighted by Crippen LogP contribution is -2.36. The average Bonchev–Trinajstić information content (AvgIpc) is 3.03. The Hall–Kier alpha value is -2.76. The van der Waals surface area contributed by atoms with E-state index in [1.807, 2.05) is 39.9 Å². The van der Waals surface area contributed by atoms with Gasteiger partial charge in [-0.1, -0.05) is 0 Å². The summed E-state index contributed by atoms with van der Waals surface area (Å²) < 4.78 is 6.97. The van der Waals surface area contributed by atoms with Crippen molar-refractivity contribution in [2.24, 2.45) is 0 Å². The van der Waals surface area contributed by atoms with Crippen LogP contribution < -0.4 is 5.32 Å². The van der Waals surface area contributed by atoms with Crippen molar-refractivity contribution in [3.05, 3.63) is 54.9 Å². The summed E-state index contributed by atoms with van der Waals surface area (Å²) in [4.78, 5) is 18.6. The number of urea groups is 1. The number of fused-ring (bicyclic) bond motifs is 1. The molecule has 2 amide bonds. The van der Waals surface area contributed by atoms with Gasteiger partial charge < -0.3 is 19.0 Å². The Morgan fingerprint density at radius 3 is 3.09 bits per heavy atom. The van der Waals surface area contributed by atoms with Gasteiger partial charge >= 0.3 is 6.03 Å². The molecule has 4 rings (SSSR count). The SMILES string of the molecule is O=C(Nc1ccc2nccn2c1)N(Cc1ccoc1)C1CC1. The highest BCUT2D eigenvalue weighted by molar-refractivity contribution is 5.89. The van der Waals surface area contributed by atoms with Gasteiger partial charge in [0.25, 0.3) is 0 Å². The Morgan fingerprint density at radius 1 is 1.41 bits per heavy atom. The summed E-state index contributed by atoms with van der Waals surface area (Å²) in [6.45, 7) is 0.570. The van der Waals surface area contributed by atoms with E-state index in [0.29, 0.717) is 12.6 Å². The number of anilines is 1. The molecule has 3 aromatic heterocycles. The molecule has 112 valence electrons. The molecule has 22 heavy (non-hydrogen) atoms. The van der Waals surface area contributed by atoms with E-state index in [1.165, 1.54) is 0 Å². The zero-order valence-corrected chi connectivity index (χ0v) is 12.0. The molecule has 0 unspecified atom stereocenters. The first-order valence-corrected chi connectivity index (χ1v) is 7.31. The highest BCUT2D eigenvalue weighted by atomic mass is 16.3. The third kappa shape index (κ3) is 2.55. The lowest BCUT2D eigenvalue weighted by molar-refractivity contribution is 0.206. The number of rotatable bonds is 4. The van der Waals surface area contributed by atoms with Crippen LogP contribution in [0.5, 0.6) is 0 Å². The second-order valence-corrected chi connectivity index (χ2v) is 5.53. The Labute approximate surface area is 127 Å². The normalized spacial score (nSPS) is 14.2. The number of aromatic nitrogens is 2. The van der Waals surface area contributed by atoms with E-state index in [0.717, 1.165) is 29.7 Å². The summed E-state index contributed by atoms with van der Waals surface area (Å²) in [5.74, 6) is 0. The summed E-state index contributed by atoms with van der Waals surface area (Å²) in [5.41, 5.74) is 2.62. The van der Waals surface area contributed by atoms with E-state index in [2.05, 4.69) is 10.3 Å². The third-order valence-electron chi connectivity index (χ3n) is 3.82. The number of nitrogens with zero attached hydrogens (tertiary/aromatic N) is 3. The molecule has 0 atom stereocenters. The molecule has 1 N–H and O–H groups in total. The van der Waals surface area contributed by atoms with Gasteiger partial charge in [0.2, 0.25) is 0 Å². The molecule has 1 saturated carbocycles. The number of pyridine rings is 1. The molecule has 3 aromatic rings. The molecule has 1 aliphatic carbocycles. The first kappa shape index (κ1) is 12.9. The largest absolute Gasteiger partial charge is 0.472 e. The first-order chi connectivity index (χ1) is 10.8. The topological polar surface area (TPSA) is 62.8 Å². The van der Waals surface area contributed by atoms with Crippen LogP contribution in [0.4, 0.5) is 10.5 Å². The van der Waals surface area contributed by atoms with Crippen molar-refractivity contribution in [1.82, 2.24) is 14.3 Å². The lowest BCUT2D eigenvalue weighted by atomic mass is 10.3. The van der Waals surface area contributed by atoms with Crippen molar-refractivity contribution in [3.63, 3.8) is 0 Å². The van der Waals surface area contributed by atoms with Crippen LogP contribution in [-0.4, -0.2) is 26.4 Å². The monoisotopic (exact) mass is 296 g/mol. The minimum absolute atomic E-state index is 0.0804. The second-order valence-electron chi connectivity index (χ2n) is 5.53. The third-order valence-corrected chi connectivity index (χ3v) is 3.82. The number of carbonyl (C=O) groups excluding carboxylic acids is 1. The van der Waals surface area contributed by atoms with Gasteiger partial charge in [-0.2, -0.15) is 0 Å². The first-order valence-electron chi connectivity index (χ1n) is 7.31. The van der Waals surface area contributed by atoms with Crippen molar-refractivity contribution in [1.29, 1.82) is 0 Å². The van der Waals surface area contributed by atoms with Crippen molar-refractivity contribution in [3.8, 4) is 0 Å². The molecule has 3 heterocycles. The Bertz CT molecular complexity index is 789. The van der Waals surface area contributed by atoms with Crippen molar-refractivity contribution < 1.29 is 9.21 Å². The summed E-state index contributed by atoms with van der Waals surface area (Å²) in [7, 11) is 0. The highest BCUT2D eigenvalue weighted by Gasteiger charge is 2.32. The van der Waals surface area contributed by atoms with Gasteiger partial charge in [-0.05, 0) is 31.0 Å². The predicted molar refractivity (Wildman–Crippen MR) is 81.5 cm³/mol. The maximum Gasteiger partial charge on any atom is 0.322 e. The molecule has 6 heteroatoms. The van der Waals surface area contributed by atoms with Crippen LogP contribution >= 0.6 is 0 Å². The maximum atomic E-state index is 12.6. The maximum absolute atomic E-state index is 12.6. The molecule has 0 saturated heterocycles. The number of amides is 2. The van der Waals surface area contributed by atoms with Gasteiger partial charge in [0, 0.05) is 30.2 Å². The molecule has 0 radical (unpaired) electrons. The summed E-state index contributed by atoms with van der Waals surface area (Å²) >= 11 is 0. The van der Waals surface area contributed by atoms with E-state index in [4.69, 9.17) is 4.42 Å². The summed E-state index contributed by atoms with van der Waals surface area (Å²) in [6, 6.07) is 5.88. The number of nitrogens with one attached hydrogen (secondary N) is 1. The van der Waals surface area contributed by atoms with Crippen LogP contribution in [0.15, 0.2) is 53.7 Å². The zero-order chi connectivity index (χ0) is 14.9. The fraction of sp³-hybridized carbons (Fsp3) is 0.250. The molecule has 0 aliphatic heterocycles. The molecule has 1 fully saturated rings. The van der Waals surface area contributed by atoms with Crippen molar-refractivity contribution in [2.45, 2.75) is 25.4 Å². The number of hydrogen-bond acceptors (Lipinski definition) is 3. The summed E-state index contributed by atoms with van der Waals surface area (Å²) in [5, 5.41) is 2.97. The fourth-order valence-electron chi connectivity index (χ4n) is 2.52. The van der Waals surface area contributed by atoms with Gasteiger partial charge in [-0.25, -0.2) is 9.78 Å². The van der Waals surface area contributed by atoms with Gasteiger partial charge in [0.1, 0.15) is 5.65 Å². The fourth-order valence-corrected chi connectivity index (χ4v) is 2.52. The van der Waals surface area contributed by atoms with Gasteiger partial charge in [0.15, 0.2) is 0 Å². The van der Waals surface area contributed by atoms with Gasteiger partial charge in [0.05, 0.1) is 24.8 Å². The van der Waals surface area contributed by atoms with Crippen LogP contribution in [0.2, 0.25) is 0 Å². The molecular weight excluding hydrogens is 280 g/mol. The van der Waals surface area contributed by atoms with Crippen LogP contribution in [0.3, 0.4) is 0 Å². The highest BCUT2D eigenvalue weighted by Crippen LogP contribution is 2.29. The molecular formula is C16H16N4O2. The average molecular weight is 296 g/mol. The number of furan rings is 1. The molecule has 1 aliphatic rings.